The molecule has 0 aliphatic carbocycles. The molecule has 2 N–H and O–H groups in total. The molecule has 2 aromatic rings. The molecule has 104 valence electrons. The van der Waals surface area contributed by atoms with Crippen molar-refractivity contribution in [3.05, 3.63) is 52.7 Å². The minimum Gasteiger partial charge on any atom is -0.481 e. The third-order valence-electron chi connectivity index (χ3n) is 2.61. The van der Waals surface area contributed by atoms with Crippen LogP contribution in [0.3, 0.4) is 0 Å². The van der Waals surface area contributed by atoms with Crippen molar-refractivity contribution in [1.82, 2.24) is 4.98 Å². The number of nitrogens with two attached hydrogens (primary N) is 1. The number of carbonyl (C=O) groups excluding carboxylic acids is 1. The number of aromatic nitrogens is 1. The number of rotatable bonds is 4. The first kappa shape index (κ1) is 14.1. The van der Waals surface area contributed by atoms with Crippen LogP contribution in [-0.4, -0.2) is 18.1 Å². The molecular formula is C14H13ClN2O3. The topological polar surface area (TPSA) is 74.4 Å². The highest BCUT2D eigenvalue weighted by Gasteiger charge is 2.13. The lowest BCUT2D eigenvalue weighted by molar-refractivity contribution is 0.0468. The van der Waals surface area contributed by atoms with Gasteiger partial charge in [-0.15, -0.1) is 0 Å². The number of methoxy groups -OCH3 is 1. The summed E-state index contributed by atoms with van der Waals surface area (Å²) in [6, 6.07) is 10.0. The molecule has 1 aromatic heterocycles. The number of carbonyl (C=O) groups is 1. The van der Waals surface area contributed by atoms with Gasteiger partial charge in [-0.3, -0.25) is 0 Å². The van der Waals surface area contributed by atoms with Crippen molar-refractivity contribution in [2.75, 3.05) is 12.8 Å². The smallest absolute Gasteiger partial charge is 0.340 e. The monoisotopic (exact) mass is 292 g/mol. The van der Waals surface area contributed by atoms with Gasteiger partial charge in [-0.05, 0) is 18.2 Å². The first-order valence-electron chi connectivity index (χ1n) is 5.83. The van der Waals surface area contributed by atoms with Crippen LogP contribution in [0, 0.1) is 0 Å². The van der Waals surface area contributed by atoms with E-state index in [1.807, 2.05) is 0 Å². The minimum absolute atomic E-state index is 0.0297. The fraction of sp³-hybridized carbons (Fsp3) is 0.143. The molecule has 0 radical (unpaired) electrons. The maximum Gasteiger partial charge on any atom is 0.340 e. The van der Waals surface area contributed by atoms with E-state index in [4.69, 9.17) is 26.8 Å². The summed E-state index contributed by atoms with van der Waals surface area (Å²) in [6.45, 7) is 0.0297. The summed E-state index contributed by atoms with van der Waals surface area (Å²) >= 11 is 5.85. The van der Waals surface area contributed by atoms with E-state index in [0.717, 1.165) is 0 Å². The highest BCUT2D eigenvalue weighted by atomic mass is 35.5. The lowest BCUT2D eigenvalue weighted by atomic mass is 10.2. The minimum atomic E-state index is -0.547. The Balaban J connectivity index is 2.06. The summed E-state index contributed by atoms with van der Waals surface area (Å²) in [7, 11) is 1.52. The third-order valence-corrected chi connectivity index (χ3v) is 2.94. The van der Waals surface area contributed by atoms with Gasteiger partial charge in [0.25, 0.3) is 0 Å². The van der Waals surface area contributed by atoms with Crippen LogP contribution in [0.15, 0.2) is 36.4 Å². The molecule has 0 saturated carbocycles. The van der Waals surface area contributed by atoms with Crippen molar-refractivity contribution in [2.24, 2.45) is 0 Å². The normalized spacial score (nSPS) is 10.1. The zero-order chi connectivity index (χ0) is 14.5. The van der Waals surface area contributed by atoms with Gasteiger partial charge in [0.05, 0.1) is 29.1 Å². The Hall–Kier alpha value is -2.27. The molecule has 0 bridgehead atoms. The van der Waals surface area contributed by atoms with Crippen molar-refractivity contribution in [3.8, 4) is 5.88 Å². The van der Waals surface area contributed by atoms with E-state index in [9.17, 15) is 4.79 Å². The van der Waals surface area contributed by atoms with Crippen molar-refractivity contribution < 1.29 is 14.3 Å². The molecule has 20 heavy (non-hydrogen) atoms. The van der Waals surface area contributed by atoms with Crippen molar-refractivity contribution >= 4 is 23.3 Å². The lowest BCUT2D eigenvalue weighted by Gasteiger charge is -2.08. The van der Waals surface area contributed by atoms with Crippen LogP contribution in [0.5, 0.6) is 5.88 Å². The molecule has 0 fully saturated rings. The van der Waals surface area contributed by atoms with E-state index in [2.05, 4.69) is 4.98 Å². The zero-order valence-electron chi connectivity index (χ0n) is 10.8. The Morgan fingerprint density at radius 2 is 2.05 bits per heavy atom. The first-order valence-corrected chi connectivity index (χ1v) is 6.20. The SMILES string of the molecule is COc1cccc(COC(=O)c2cccc(Cl)c2N)n1. The second-order valence-electron chi connectivity index (χ2n) is 3.95. The summed E-state index contributed by atoms with van der Waals surface area (Å²) < 4.78 is 10.1. The fourth-order valence-corrected chi connectivity index (χ4v) is 1.76. The number of esters is 1. The van der Waals surface area contributed by atoms with Crippen LogP contribution >= 0.6 is 11.6 Å². The number of halogens is 1. The second kappa shape index (κ2) is 6.25. The first-order chi connectivity index (χ1) is 9.61. The number of hydrogen-bond acceptors (Lipinski definition) is 5. The van der Waals surface area contributed by atoms with Crippen molar-refractivity contribution in [2.45, 2.75) is 6.61 Å². The number of para-hydroxylation sites is 1. The van der Waals surface area contributed by atoms with Crippen LogP contribution in [0.4, 0.5) is 5.69 Å². The van der Waals surface area contributed by atoms with Crippen LogP contribution < -0.4 is 10.5 Å². The van der Waals surface area contributed by atoms with E-state index in [1.54, 1.807) is 36.4 Å². The summed E-state index contributed by atoms with van der Waals surface area (Å²) in [4.78, 5) is 16.1. The number of pyridine rings is 1. The quantitative estimate of drug-likeness (QED) is 0.693. The van der Waals surface area contributed by atoms with Gasteiger partial charge in [-0.2, -0.15) is 0 Å². The highest BCUT2D eigenvalue weighted by molar-refractivity contribution is 6.33. The summed E-state index contributed by atoms with van der Waals surface area (Å²) in [5.74, 6) is -0.0876. The average Bonchev–Trinajstić information content (AvgIpc) is 2.48. The van der Waals surface area contributed by atoms with Gasteiger partial charge in [0.2, 0.25) is 5.88 Å². The Labute approximate surface area is 121 Å². The maximum absolute atomic E-state index is 11.9. The molecule has 0 aliphatic rings. The van der Waals surface area contributed by atoms with Gasteiger partial charge in [-0.1, -0.05) is 23.7 Å². The van der Waals surface area contributed by atoms with Gasteiger partial charge in [0.1, 0.15) is 6.61 Å². The second-order valence-corrected chi connectivity index (χ2v) is 4.36. The number of anilines is 1. The summed E-state index contributed by atoms with van der Waals surface area (Å²) in [5.41, 5.74) is 6.75. The maximum atomic E-state index is 11.9. The summed E-state index contributed by atoms with van der Waals surface area (Å²) in [6.07, 6.45) is 0. The van der Waals surface area contributed by atoms with E-state index in [1.165, 1.54) is 7.11 Å². The molecule has 0 spiro atoms. The predicted molar refractivity (Wildman–Crippen MR) is 75.8 cm³/mol. The van der Waals surface area contributed by atoms with Gasteiger partial charge >= 0.3 is 5.97 Å². The van der Waals surface area contributed by atoms with E-state index < -0.39 is 5.97 Å². The standard InChI is InChI=1S/C14H13ClN2O3/c1-19-12-7-2-4-9(17-12)8-20-14(18)10-5-3-6-11(15)13(10)16/h2-7H,8,16H2,1H3. The van der Waals surface area contributed by atoms with Gasteiger partial charge in [0.15, 0.2) is 0 Å². The molecule has 0 aliphatic heterocycles. The van der Waals surface area contributed by atoms with Crippen LogP contribution in [0.25, 0.3) is 0 Å². The largest absolute Gasteiger partial charge is 0.481 e. The fourth-order valence-electron chi connectivity index (χ4n) is 1.58. The molecule has 0 unspecified atom stereocenters. The van der Waals surface area contributed by atoms with E-state index in [0.29, 0.717) is 16.6 Å². The van der Waals surface area contributed by atoms with Gasteiger partial charge in [0, 0.05) is 6.07 Å². The Morgan fingerprint density at radius 1 is 1.30 bits per heavy atom. The predicted octanol–water partition coefficient (Wildman–Crippen LogP) is 2.68. The number of benzene rings is 1. The molecule has 2 rings (SSSR count). The average molecular weight is 293 g/mol. The van der Waals surface area contributed by atoms with E-state index >= 15 is 0 Å². The molecule has 1 heterocycles. The molecule has 0 saturated heterocycles. The van der Waals surface area contributed by atoms with Crippen molar-refractivity contribution in [3.63, 3.8) is 0 Å². The van der Waals surface area contributed by atoms with Crippen LogP contribution in [-0.2, 0) is 11.3 Å². The number of nitrogens with zero attached hydrogens (tertiary/aromatic N) is 1. The molecule has 0 atom stereocenters. The van der Waals surface area contributed by atoms with Gasteiger partial charge in [-0.25, -0.2) is 9.78 Å². The molecule has 1 aromatic carbocycles. The Bertz CT molecular complexity index is 632. The molecule has 6 heteroatoms. The number of ether oxygens (including phenoxy) is 2. The van der Waals surface area contributed by atoms with Crippen LogP contribution in [0.1, 0.15) is 16.1 Å². The number of nitrogen functional groups attached to an aromatic ring is 1. The highest BCUT2D eigenvalue weighted by Crippen LogP contribution is 2.23. The Morgan fingerprint density at radius 3 is 2.80 bits per heavy atom. The molecular weight excluding hydrogens is 280 g/mol. The number of hydrogen-bond donors (Lipinski definition) is 1. The lowest BCUT2D eigenvalue weighted by Crippen LogP contribution is -2.09. The molecule has 0 amide bonds. The van der Waals surface area contributed by atoms with Crippen molar-refractivity contribution in [1.29, 1.82) is 0 Å². The van der Waals surface area contributed by atoms with E-state index in [-0.39, 0.29) is 17.9 Å². The molecule has 5 nitrogen and oxygen atoms in total. The summed E-state index contributed by atoms with van der Waals surface area (Å²) in [5, 5.41) is 0.318. The third kappa shape index (κ3) is 3.19. The van der Waals surface area contributed by atoms with Gasteiger partial charge < -0.3 is 15.2 Å². The Kier molecular flexibility index (Phi) is 4.42. The van der Waals surface area contributed by atoms with Crippen LogP contribution in [0.2, 0.25) is 5.02 Å². The zero-order valence-corrected chi connectivity index (χ0v) is 11.6.